The first-order valence-electron chi connectivity index (χ1n) is 4.83. The van der Waals surface area contributed by atoms with E-state index in [1.807, 2.05) is 36.6 Å². The molecule has 88 valence electrons. The third-order valence-corrected chi connectivity index (χ3v) is 2.83. The largest absolute Gasteiger partial charge is 0.368 e. The number of nitrogen functional groups attached to an aromatic ring is 1. The van der Waals surface area contributed by atoms with E-state index in [1.54, 1.807) is 0 Å². The summed E-state index contributed by atoms with van der Waals surface area (Å²) in [6.07, 6.45) is 1.88. The lowest BCUT2D eigenvalue weighted by Crippen LogP contribution is -2.22. The Hall–Kier alpha value is -1.60. The van der Waals surface area contributed by atoms with Crippen LogP contribution in [0.4, 0.5) is 11.6 Å². The Bertz CT molecular complexity index is 523. The second-order valence-corrected chi connectivity index (χ2v) is 4.32. The maximum absolute atomic E-state index is 5.72. The van der Waals surface area contributed by atoms with Crippen LogP contribution in [0.1, 0.15) is 0 Å². The molecule has 3 N–H and O–H groups in total. The van der Waals surface area contributed by atoms with Crippen LogP contribution in [0, 0.1) is 0 Å². The van der Waals surface area contributed by atoms with Crippen molar-refractivity contribution in [2.75, 3.05) is 17.3 Å². The number of rotatable bonds is 2. The van der Waals surface area contributed by atoms with Gasteiger partial charge in [0.15, 0.2) is 0 Å². The smallest absolute Gasteiger partial charge is 0.226 e. The van der Waals surface area contributed by atoms with E-state index in [0.29, 0.717) is 10.3 Å². The predicted molar refractivity (Wildman–Crippen MR) is 74.3 cm³/mol. The van der Waals surface area contributed by atoms with Gasteiger partial charge in [-0.15, -0.1) is 5.10 Å². The third kappa shape index (κ3) is 2.75. The Kier molecular flexibility index (Phi) is 3.60. The molecule has 0 aliphatic rings. The number of thiocarbonyl (C=S) groups is 1. The Morgan fingerprint density at radius 2 is 2.12 bits per heavy atom. The molecular formula is C10H11N5S2. The van der Waals surface area contributed by atoms with Gasteiger partial charge in [0.2, 0.25) is 16.2 Å². The van der Waals surface area contributed by atoms with E-state index in [9.17, 15) is 0 Å². The second-order valence-electron chi connectivity index (χ2n) is 3.16. The number of hydrogen-bond donors (Lipinski definition) is 2. The third-order valence-electron chi connectivity index (χ3n) is 2.01. The van der Waals surface area contributed by atoms with Crippen molar-refractivity contribution in [3.8, 4) is 0 Å². The van der Waals surface area contributed by atoms with Gasteiger partial charge in [-0.05, 0) is 30.6 Å². The van der Waals surface area contributed by atoms with Crippen molar-refractivity contribution in [2.24, 2.45) is 0 Å². The number of nitrogens with zero attached hydrogens (tertiary/aromatic N) is 3. The molecular weight excluding hydrogens is 254 g/mol. The second kappa shape index (κ2) is 5.15. The normalized spacial score (nSPS) is 10.2. The van der Waals surface area contributed by atoms with Crippen LogP contribution < -0.4 is 11.1 Å². The van der Waals surface area contributed by atoms with E-state index in [0.717, 1.165) is 5.69 Å². The van der Waals surface area contributed by atoms with Gasteiger partial charge >= 0.3 is 0 Å². The molecule has 7 heteroatoms. The van der Waals surface area contributed by atoms with E-state index in [-0.39, 0.29) is 5.95 Å². The van der Waals surface area contributed by atoms with E-state index >= 15 is 0 Å². The maximum Gasteiger partial charge on any atom is 0.226 e. The zero-order valence-corrected chi connectivity index (χ0v) is 10.8. The first-order chi connectivity index (χ1) is 8.20. The molecule has 2 rings (SSSR count). The number of thioether (sulfide) groups is 1. The zero-order valence-electron chi connectivity index (χ0n) is 9.12. The summed E-state index contributed by atoms with van der Waals surface area (Å²) in [5.41, 5.74) is 6.61. The Morgan fingerprint density at radius 1 is 1.41 bits per heavy atom. The summed E-state index contributed by atoms with van der Waals surface area (Å²) < 4.78 is 1.41. The minimum absolute atomic E-state index is 0.280. The monoisotopic (exact) mass is 265 g/mol. The van der Waals surface area contributed by atoms with Gasteiger partial charge in [-0.1, -0.05) is 30.0 Å². The SMILES string of the molecule is CSc1nc(N)n(C(=S)Nc2ccccc2)n1. The summed E-state index contributed by atoms with van der Waals surface area (Å²) in [5, 5.41) is 8.20. The average Bonchev–Trinajstić information content (AvgIpc) is 2.72. The Morgan fingerprint density at radius 3 is 2.71 bits per heavy atom. The van der Waals surface area contributed by atoms with Crippen molar-refractivity contribution in [3.63, 3.8) is 0 Å². The van der Waals surface area contributed by atoms with Crippen LogP contribution >= 0.6 is 24.0 Å². The number of nitrogens with two attached hydrogens (primary N) is 1. The molecule has 2 aromatic rings. The lowest BCUT2D eigenvalue weighted by Gasteiger charge is -2.07. The van der Waals surface area contributed by atoms with Crippen molar-refractivity contribution in [3.05, 3.63) is 30.3 Å². The minimum atomic E-state index is 0.280. The van der Waals surface area contributed by atoms with E-state index in [2.05, 4.69) is 15.4 Å². The highest BCUT2D eigenvalue weighted by Crippen LogP contribution is 2.12. The average molecular weight is 265 g/mol. The lowest BCUT2D eigenvalue weighted by atomic mass is 10.3. The highest BCUT2D eigenvalue weighted by molar-refractivity contribution is 7.98. The Labute approximate surface area is 108 Å². The lowest BCUT2D eigenvalue weighted by molar-refractivity contribution is 0.891. The fourth-order valence-corrected chi connectivity index (χ4v) is 1.84. The van der Waals surface area contributed by atoms with Crippen LogP contribution in [0.5, 0.6) is 0 Å². The molecule has 0 atom stereocenters. The molecule has 5 nitrogen and oxygen atoms in total. The maximum atomic E-state index is 5.72. The van der Waals surface area contributed by atoms with Gasteiger partial charge in [0.1, 0.15) is 0 Å². The van der Waals surface area contributed by atoms with Crippen LogP contribution in [-0.2, 0) is 0 Å². The highest BCUT2D eigenvalue weighted by Gasteiger charge is 2.10. The number of anilines is 2. The van der Waals surface area contributed by atoms with Gasteiger partial charge < -0.3 is 11.1 Å². The molecule has 0 aliphatic heterocycles. The summed E-state index contributed by atoms with van der Waals surface area (Å²) in [6, 6.07) is 9.60. The molecule has 0 saturated carbocycles. The number of para-hydroxylation sites is 1. The van der Waals surface area contributed by atoms with Crippen molar-refractivity contribution in [1.82, 2.24) is 14.8 Å². The molecule has 0 bridgehead atoms. The van der Waals surface area contributed by atoms with E-state index < -0.39 is 0 Å². The van der Waals surface area contributed by atoms with E-state index in [1.165, 1.54) is 16.4 Å². The molecule has 0 saturated heterocycles. The summed E-state index contributed by atoms with van der Waals surface area (Å²) in [7, 11) is 0. The predicted octanol–water partition coefficient (Wildman–Crippen LogP) is 1.83. The van der Waals surface area contributed by atoms with Gasteiger partial charge in [-0.3, -0.25) is 0 Å². The van der Waals surface area contributed by atoms with Gasteiger partial charge in [-0.2, -0.15) is 9.67 Å². The molecule has 1 aromatic carbocycles. The van der Waals surface area contributed by atoms with E-state index in [4.69, 9.17) is 18.0 Å². The van der Waals surface area contributed by atoms with Crippen LogP contribution in [0.3, 0.4) is 0 Å². The van der Waals surface area contributed by atoms with Crippen LogP contribution in [0.2, 0.25) is 0 Å². The zero-order chi connectivity index (χ0) is 12.3. The van der Waals surface area contributed by atoms with Crippen molar-refractivity contribution in [1.29, 1.82) is 0 Å². The molecule has 0 radical (unpaired) electrons. The van der Waals surface area contributed by atoms with Crippen LogP contribution in [0.25, 0.3) is 0 Å². The van der Waals surface area contributed by atoms with Gasteiger partial charge in [-0.25, -0.2) is 0 Å². The quantitative estimate of drug-likeness (QED) is 0.638. The highest BCUT2D eigenvalue weighted by atomic mass is 32.2. The summed E-state index contributed by atoms with van der Waals surface area (Å²) in [4.78, 5) is 4.06. The van der Waals surface area contributed by atoms with Crippen molar-refractivity contribution < 1.29 is 0 Å². The van der Waals surface area contributed by atoms with Gasteiger partial charge in [0.25, 0.3) is 0 Å². The number of nitrogens with one attached hydrogen (secondary N) is 1. The molecule has 0 fully saturated rings. The summed E-state index contributed by atoms with van der Waals surface area (Å²) in [6.45, 7) is 0. The fraction of sp³-hybridized carbons (Fsp3) is 0.100. The van der Waals surface area contributed by atoms with Gasteiger partial charge in [0.05, 0.1) is 0 Å². The van der Waals surface area contributed by atoms with Crippen molar-refractivity contribution >= 4 is 40.7 Å². The fourth-order valence-electron chi connectivity index (χ4n) is 1.24. The first kappa shape index (κ1) is 11.9. The molecule has 1 heterocycles. The summed E-state index contributed by atoms with van der Waals surface area (Å²) in [5.74, 6) is 0.280. The standard InChI is InChI=1S/C10H11N5S2/c1-17-9-13-8(11)15(14-9)10(16)12-7-5-3-2-4-6-7/h2-6H,1H3,(H,12,16)(H2,11,13,14). The van der Waals surface area contributed by atoms with Crippen LogP contribution in [0.15, 0.2) is 35.5 Å². The number of hydrogen-bond acceptors (Lipinski definition) is 5. The molecule has 1 aromatic heterocycles. The molecule has 0 amide bonds. The number of aromatic nitrogens is 3. The Balaban J connectivity index is 2.17. The van der Waals surface area contributed by atoms with Gasteiger partial charge in [0, 0.05) is 5.69 Å². The minimum Gasteiger partial charge on any atom is -0.368 e. The molecule has 0 aliphatic carbocycles. The molecule has 0 spiro atoms. The molecule has 0 unspecified atom stereocenters. The van der Waals surface area contributed by atoms with Crippen molar-refractivity contribution in [2.45, 2.75) is 5.16 Å². The first-order valence-corrected chi connectivity index (χ1v) is 6.47. The molecule has 17 heavy (non-hydrogen) atoms. The van der Waals surface area contributed by atoms with Crippen LogP contribution in [-0.4, -0.2) is 26.1 Å². The number of benzene rings is 1. The summed E-state index contributed by atoms with van der Waals surface area (Å²) >= 11 is 6.63. The topological polar surface area (TPSA) is 68.8 Å².